The molecule has 0 atom stereocenters. The quantitative estimate of drug-likeness (QED) is 0.621. The Balaban J connectivity index is 2.87. The van der Waals surface area contributed by atoms with Crippen LogP contribution in [0, 0.1) is 5.82 Å². The highest BCUT2D eigenvalue weighted by Gasteiger charge is 2.10. The maximum Gasteiger partial charge on any atom is 0.319 e. The molecule has 72 valence electrons. The number of alkyl halides is 1. The van der Waals surface area contributed by atoms with Gasteiger partial charge in [0.05, 0.1) is 0 Å². The Labute approximate surface area is 83.8 Å². The topological polar surface area (TPSA) is 43.4 Å². The van der Waals surface area contributed by atoms with Gasteiger partial charge in [0, 0.05) is 6.07 Å². The van der Waals surface area contributed by atoms with E-state index in [9.17, 15) is 12.8 Å². The molecule has 0 saturated heterocycles. The Morgan fingerprint density at radius 3 is 2.69 bits per heavy atom. The van der Waals surface area contributed by atoms with Crippen LogP contribution in [-0.2, 0) is 10.1 Å². The summed E-state index contributed by atoms with van der Waals surface area (Å²) < 4.78 is 38.5. The van der Waals surface area contributed by atoms with E-state index in [0.717, 1.165) is 6.07 Å². The molecule has 0 unspecified atom stereocenters. The molecule has 0 heterocycles. The van der Waals surface area contributed by atoms with Crippen LogP contribution >= 0.6 is 15.9 Å². The molecule has 0 aliphatic carbocycles. The highest BCUT2D eigenvalue weighted by Crippen LogP contribution is 2.14. The van der Waals surface area contributed by atoms with Gasteiger partial charge in [-0.15, -0.1) is 0 Å². The Bertz CT molecular complexity index is 390. The second kappa shape index (κ2) is 4.06. The standard InChI is InChI=1S/C7H6BrFO3S/c8-5-13(10,11)12-7-3-1-2-6(9)4-7/h1-4H,5H2. The molecule has 0 aliphatic rings. The number of hydrogen-bond donors (Lipinski definition) is 0. The lowest BCUT2D eigenvalue weighted by molar-refractivity contribution is 0.489. The van der Waals surface area contributed by atoms with Gasteiger partial charge in [-0.25, -0.2) is 4.39 Å². The summed E-state index contributed by atoms with van der Waals surface area (Å²) in [4.78, 5) is 0. The van der Waals surface area contributed by atoms with Crippen molar-refractivity contribution in [3.63, 3.8) is 0 Å². The SMILES string of the molecule is O=S(=O)(CBr)Oc1cccc(F)c1. The van der Waals surface area contributed by atoms with Gasteiger partial charge in [-0.1, -0.05) is 22.0 Å². The van der Waals surface area contributed by atoms with Gasteiger partial charge < -0.3 is 4.18 Å². The monoisotopic (exact) mass is 268 g/mol. The van der Waals surface area contributed by atoms with Gasteiger partial charge in [0.1, 0.15) is 16.2 Å². The van der Waals surface area contributed by atoms with Gasteiger partial charge in [0.25, 0.3) is 0 Å². The summed E-state index contributed by atoms with van der Waals surface area (Å²) in [7, 11) is -3.64. The second-order valence-corrected chi connectivity index (χ2v) is 5.08. The second-order valence-electron chi connectivity index (χ2n) is 2.21. The number of rotatable bonds is 3. The summed E-state index contributed by atoms with van der Waals surface area (Å²) in [6.07, 6.45) is 0. The van der Waals surface area contributed by atoms with Crippen molar-refractivity contribution in [2.45, 2.75) is 0 Å². The summed E-state index contributed by atoms with van der Waals surface area (Å²) in [5.41, 5.74) is 0. The van der Waals surface area contributed by atoms with Gasteiger partial charge >= 0.3 is 10.1 Å². The summed E-state index contributed by atoms with van der Waals surface area (Å²) in [6, 6.07) is 4.94. The highest BCUT2D eigenvalue weighted by molar-refractivity contribution is 9.10. The minimum absolute atomic E-state index is 0.0283. The average Bonchev–Trinajstić information content (AvgIpc) is 2.03. The van der Waals surface area contributed by atoms with Crippen LogP contribution in [0.3, 0.4) is 0 Å². The van der Waals surface area contributed by atoms with E-state index in [-0.39, 0.29) is 10.4 Å². The van der Waals surface area contributed by atoms with Crippen LogP contribution in [0.15, 0.2) is 24.3 Å². The maximum absolute atomic E-state index is 12.6. The summed E-state index contributed by atoms with van der Waals surface area (Å²) in [6.45, 7) is 0. The van der Waals surface area contributed by atoms with Crippen molar-refractivity contribution < 1.29 is 17.0 Å². The van der Waals surface area contributed by atoms with Gasteiger partial charge in [0.2, 0.25) is 0 Å². The maximum atomic E-state index is 12.6. The van der Waals surface area contributed by atoms with E-state index in [1.807, 2.05) is 0 Å². The van der Waals surface area contributed by atoms with E-state index in [0.29, 0.717) is 0 Å². The Kier molecular flexibility index (Phi) is 3.27. The molecule has 0 amide bonds. The van der Waals surface area contributed by atoms with E-state index in [2.05, 4.69) is 20.1 Å². The zero-order valence-electron chi connectivity index (χ0n) is 6.41. The molecule has 1 aromatic carbocycles. The molecular formula is C7H6BrFO3S. The smallest absolute Gasteiger partial charge is 0.319 e. The lowest BCUT2D eigenvalue weighted by Crippen LogP contribution is -2.09. The molecule has 0 saturated carbocycles. The largest absolute Gasteiger partial charge is 0.382 e. The molecule has 6 heteroatoms. The third-order valence-corrected chi connectivity index (χ3v) is 3.55. The predicted octanol–water partition coefficient (Wildman–Crippen LogP) is 1.89. The summed E-state index contributed by atoms with van der Waals surface area (Å²) in [5, 5.41) is 0. The Morgan fingerprint density at radius 2 is 2.15 bits per heavy atom. The van der Waals surface area contributed by atoms with Gasteiger partial charge in [-0.05, 0) is 12.1 Å². The van der Waals surface area contributed by atoms with Crippen molar-refractivity contribution in [3.05, 3.63) is 30.1 Å². The molecule has 1 aromatic rings. The summed E-state index contributed by atoms with van der Waals surface area (Å²) in [5.74, 6) is -0.568. The molecular weight excluding hydrogens is 263 g/mol. The molecule has 1 rings (SSSR count). The van der Waals surface area contributed by atoms with Crippen molar-refractivity contribution in [3.8, 4) is 5.75 Å². The van der Waals surface area contributed by atoms with E-state index < -0.39 is 15.9 Å². The van der Waals surface area contributed by atoms with Crippen molar-refractivity contribution in [1.82, 2.24) is 0 Å². The van der Waals surface area contributed by atoms with Crippen LogP contribution in [0.2, 0.25) is 0 Å². The third-order valence-electron chi connectivity index (χ3n) is 1.15. The molecule has 3 nitrogen and oxygen atoms in total. The van der Waals surface area contributed by atoms with Crippen LogP contribution in [0.4, 0.5) is 4.39 Å². The number of benzene rings is 1. The fourth-order valence-electron chi connectivity index (χ4n) is 0.688. The molecule has 0 spiro atoms. The predicted molar refractivity (Wildman–Crippen MR) is 49.7 cm³/mol. The van der Waals surface area contributed by atoms with E-state index in [4.69, 9.17) is 0 Å². The van der Waals surface area contributed by atoms with Gasteiger partial charge in [-0.3, -0.25) is 0 Å². The minimum Gasteiger partial charge on any atom is -0.382 e. The number of halogens is 2. The third kappa shape index (κ3) is 3.31. The first kappa shape index (κ1) is 10.5. The van der Waals surface area contributed by atoms with E-state index >= 15 is 0 Å². The first-order chi connectivity index (χ1) is 6.03. The van der Waals surface area contributed by atoms with E-state index in [1.165, 1.54) is 18.2 Å². The van der Waals surface area contributed by atoms with Gasteiger partial charge in [0.15, 0.2) is 0 Å². The van der Waals surface area contributed by atoms with Crippen LogP contribution in [0.1, 0.15) is 0 Å². The molecule has 0 fully saturated rings. The molecule has 0 aliphatic heterocycles. The molecule has 0 aromatic heterocycles. The minimum atomic E-state index is -3.64. The van der Waals surface area contributed by atoms with Crippen LogP contribution in [0.5, 0.6) is 5.75 Å². The molecule has 0 radical (unpaired) electrons. The normalized spacial score (nSPS) is 11.2. The first-order valence-corrected chi connectivity index (χ1v) is 5.97. The zero-order chi connectivity index (χ0) is 9.90. The van der Waals surface area contributed by atoms with Crippen LogP contribution < -0.4 is 4.18 Å². The average molecular weight is 269 g/mol. The Morgan fingerprint density at radius 1 is 1.46 bits per heavy atom. The zero-order valence-corrected chi connectivity index (χ0v) is 8.81. The van der Waals surface area contributed by atoms with Crippen LogP contribution in [0.25, 0.3) is 0 Å². The Hall–Kier alpha value is -0.620. The van der Waals surface area contributed by atoms with E-state index in [1.54, 1.807) is 0 Å². The lowest BCUT2D eigenvalue weighted by atomic mass is 10.3. The van der Waals surface area contributed by atoms with Crippen molar-refractivity contribution >= 4 is 26.0 Å². The van der Waals surface area contributed by atoms with Crippen molar-refractivity contribution in [2.24, 2.45) is 0 Å². The molecule has 13 heavy (non-hydrogen) atoms. The summed E-state index contributed by atoms with van der Waals surface area (Å²) >= 11 is 2.74. The fraction of sp³-hybridized carbons (Fsp3) is 0.143. The first-order valence-electron chi connectivity index (χ1n) is 3.27. The van der Waals surface area contributed by atoms with Crippen molar-refractivity contribution in [2.75, 3.05) is 4.66 Å². The number of hydrogen-bond acceptors (Lipinski definition) is 3. The lowest BCUT2D eigenvalue weighted by Gasteiger charge is -2.03. The van der Waals surface area contributed by atoms with Gasteiger partial charge in [-0.2, -0.15) is 8.42 Å². The van der Waals surface area contributed by atoms with Crippen LogP contribution in [-0.4, -0.2) is 13.1 Å². The fourth-order valence-corrected chi connectivity index (χ4v) is 1.41. The molecule has 0 bridgehead atoms. The molecule has 0 N–H and O–H groups in total. The highest BCUT2D eigenvalue weighted by atomic mass is 79.9. The van der Waals surface area contributed by atoms with Crippen molar-refractivity contribution in [1.29, 1.82) is 0 Å².